The first-order chi connectivity index (χ1) is 9.90. The van der Waals surface area contributed by atoms with E-state index in [9.17, 15) is 0 Å². The van der Waals surface area contributed by atoms with Gasteiger partial charge in [-0.15, -0.1) is 0 Å². The molecule has 2 aromatic rings. The highest BCUT2D eigenvalue weighted by atomic mass is 16.5. The molecule has 0 radical (unpaired) electrons. The van der Waals surface area contributed by atoms with Gasteiger partial charge in [0.05, 0.1) is 6.61 Å². The van der Waals surface area contributed by atoms with Crippen LogP contribution in [0.4, 0.5) is 0 Å². The quantitative estimate of drug-likeness (QED) is 0.703. The van der Waals surface area contributed by atoms with Gasteiger partial charge in [-0.3, -0.25) is 0 Å². The van der Waals surface area contributed by atoms with Crippen molar-refractivity contribution in [2.45, 2.75) is 13.3 Å². The fraction of sp³-hybridized carbons (Fsp3) is 0.429. The standard InChI is InChI=1S/C14H19N3O3/c1-2-18-12-5-3-4-6-13(12)19-10-9-15-8-7-14-16-11-17-20-14/h3-6,11,15H,2,7-10H2,1H3. The maximum atomic E-state index is 5.69. The molecular formula is C14H19N3O3. The summed E-state index contributed by atoms with van der Waals surface area (Å²) in [6.07, 6.45) is 2.12. The van der Waals surface area contributed by atoms with Crippen LogP contribution in [0.1, 0.15) is 12.8 Å². The van der Waals surface area contributed by atoms with Gasteiger partial charge in [0.1, 0.15) is 6.61 Å². The average Bonchev–Trinajstić information content (AvgIpc) is 2.98. The molecule has 0 bridgehead atoms. The van der Waals surface area contributed by atoms with Crippen LogP contribution in [0.3, 0.4) is 0 Å². The van der Waals surface area contributed by atoms with E-state index in [-0.39, 0.29) is 0 Å². The lowest BCUT2D eigenvalue weighted by Crippen LogP contribution is -2.23. The van der Waals surface area contributed by atoms with Crippen molar-refractivity contribution in [2.24, 2.45) is 0 Å². The first kappa shape index (κ1) is 14.3. The smallest absolute Gasteiger partial charge is 0.227 e. The van der Waals surface area contributed by atoms with Crippen molar-refractivity contribution in [1.82, 2.24) is 15.5 Å². The Morgan fingerprint density at radius 1 is 1.15 bits per heavy atom. The average molecular weight is 277 g/mol. The summed E-state index contributed by atoms with van der Waals surface area (Å²) in [7, 11) is 0. The zero-order valence-electron chi connectivity index (χ0n) is 11.5. The number of nitrogens with zero attached hydrogens (tertiary/aromatic N) is 2. The molecule has 0 aliphatic heterocycles. The van der Waals surface area contributed by atoms with E-state index in [1.165, 1.54) is 6.33 Å². The van der Waals surface area contributed by atoms with Crippen molar-refractivity contribution in [1.29, 1.82) is 0 Å². The molecular weight excluding hydrogens is 258 g/mol. The Hall–Kier alpha value is -2.08. The Labute approximate surface area is 118 Å². The van der Waals surface area contributed by atoms with Crippen molar-refractivity contribution in [3.63, 3.8) is 0 Å². The van der Waals surface area contributed by atoms with Gasteiger partial charge in [-0.25, -0.2) is 0 Å². The summed E-state index contributed by atoms with van der Waals surface area (Å²) in [6.45, 7) is 4.68. The number of rotatable bonds is 9. The fourth-order valence-corrected chi connectivity index (χ4v) is 1.70. The number of ether oxygens (including phenoxy) is 2. The molecule has 1 aromatic carbocycles. The number of benzene rings is 1. The SMILES string of the molecule is CCOc1ccccc1OCCNCCc1ncno1. The summed E-state index contributed by atoms with van der Waals surface area (Å²) in [4.78, 5) is 3.95. The molecule has 1 heterocycles. The molecule has 0 spiro atoms. The van der Waals surface area contributed by atoms with Gasteiger partial charge >= 0.3 is 0 Å². The second kappa shape index (κ2) is 8.16. The molecule has 108 valence electrons. The highest BCUT2D eigenvalue weighted by Crippen LogP contribution is 2.25. The van der Waals surface area contributed by atoms with E-state index < -0.39 is 0 Å². The minimum atomic E-state index is 0.577. The van der Waals surface area contributed by atoms with Crippen molar-refractivity contribution in [3.05, 3.63) is 36.5 Å². The zero-order valence-corrected chi connectivity index (χ0v) is 11.5. The van der Waals surface area contributed by atoms with Crippen LogP contribution >= 0.6 is 0 Å². The van der Waals surface area contributed by atoms with E-state index in [0.717, 1.165) is 31.0 Å². The lowest BCUT2D eigenvalue weighted by atomic mass is 10.3. The lowest BCUT2D eigenvalue weighted by Gasteiger charge is -2.11. The molecule has 0 amide bonds. The van der Waals surface area contributed by atoms with E-state index >= 15 is 0 Å². The second-order valence-electron chi connectivity index (χ2n) is 4.06. The van der Waals surface area contributed by atoms with Crippen molar-refractivity contribution in [2.75, 3.05) is 26.3 Å². The second-order valence-corrected chi connectivity index (χ2v) is 4.06. The Kier molecular flexibility index (Phi) is 5.85. The maximum Gasteiger partial charge on any atom is 0.227 e. The van der Waals surface area contributed by atoms with Gasteiger partial charge in [-0.05, 0) is 19.1 Å². The predicted octanol–water partition coefficient (Wildman–Crippen LogP) is 1.68. The Morgan fingerprint density at radius 2 is 1.95 bits per heavy atom. The van der Waals surface area contributed by atoms with Gasteiger partial charge in [0.2, 0.25) is 5.89 Å². The van der Waals surface area contributed by atoms with Gasteiger partial charge in [0, 0.05) is 19.5 Å². The first-order valence-electron chi connectivity index (χ1n) is 6.71. The molecule has 0 fully saturated rings. The lowest BCUT2D eigenvalue weighted by molar-refractivity contribution is 0.275. The van der Waals surface area contributed by atoms with Crippen LogP contribution in [0.2, 0.25) is 0 Å². The van der Waals surface area contributed by atoms with E-state index in [4.69, 9.17) is 14.0 Å². The third-order valence-electron chi connectivity index (χ3n) is 2.61. The summed E-state index contributed by atoms with van der Waals surface area (Å²) >= 11 is 0. The van der Waals surface area contributed by atoms with Gasteiger partial charge < -0.3 is 19.3 Å². The molecule has 0 unspecified atom stereocenters. The number of para-hydroxylation sites is 2. The van der Waals surface area contributed by atoms with Crippen molar-refractivity contribution in [3.8, 4) is 11.5 Å². The summed E-state index contributed by atoms with van der Waals surface area (Å²) in [6, 6.07) is 7.67. The van der Waals surface area contributed by atoms with Crippen LogP contribution in [0.25, 0.3) is 0 Å². The monoisotopic (exact) mass is 277 g/mol. The third kappa shape index (κ3) is 4.55. The zero-order chi connectivity index (χ0) is 14.0. The molecule has 2 rings (SSSR count). The highest BCUT2D eigenvalue weighted by Gasteiger charge is 2.03. The van der Waals surface area contributed by atoms with Crippen molar-refractivity contribution < 1.29 is 14.0 Å². The summed E-state index contributed by atoms with van der Waals surface area (Å²) < 4.78 is 16.1. The third-order valence-corrected chi connectivity index (χ3v) is 2.61. The molecule has 1 N–H and O–H groups in total. The van der Waals surface area contributed by atoms with Crippen LogP contribution in [-0.4, -0.2) is 36.4 Å². The molecule has 1 aromatic heterocycles. The van der Waals surface area contributed by atoms with Gasteiger partial charge in [0.15, 0.2) is 17.8 Å². The number of hydrogen-bond acceptors (Lipinski definition) is 6. The number of nitrogens with one attached hydrogen (secondary N) is 1. The largest absolute Gasteiger partial charge is 0.490 e. The molecule has 6 nitrogen and oxygen atoms in total. The summed E-state index contributed by atoms with van der Waals surface area (Å²) in [5.74, 6) is 2.19. The van der Waals surface area contributed by atoms with Crippen LogP contribution in [-0.2, 0) is 6.42 Å². The fourth-order valence-electron chi connectivity index (χ4n) is 1.70. The summed E-state index contributed by atoms with van der Waals surface area (Å²) in [5, 5.41) is 6.80. The molecule has 0 saturated carbocycles. The number of hydrogen-bond donors (Lipinski definition) is 1. The van der Waals surface area contributed by atoms with E-state index in [2.05, 4.69) is 15.5 Å². The first-order valence-corrected chi connectivity index (χ1v) is 6.71. The van der Waals surface area contributed by atoms with Crippen LogP contribution < -0.4 is 14.8 Å². The van der Waals surface area contributed by atoms with Gasteiger partial charge in [0.25, 0.3) is 0 Å². The topological polar surface area (TPSA) is 69.4 Å². The van der Waals surface area contributed by atoms with Crippen molar-refractivity contribution >= 4 is 0 Å². The molecule has 0 atom stereocenters. The van der Waals surface area contributed by atoms with Crippen LogP contribution in [0, 0.1) is 0 Å². The highest BCUT2D eigenvalue weighted by molar-refractivity contribution is 5.39. The maximum absolute atomic E-state index is 5.69. The normalized spacial score (nSPS) is 10.4. The molecule has 20 heavy (non-hydrogen) atoms. The Bertz CT molecular complexity index is 488. The minimum Gasteiger partial charge on any atom is -0.490 e. The molecule has 0 saturated heterocycles. The molecule has 0 aliphatic carbocycles. The van der Waals surface area contributed by atoms with Crippen LogP contribution in [0.5, 0.6) is 11.5 Å². The predicted molar refractivity (Wildman–Crippen MR) is 74.0 cm³/mol. The van der Waals surface area contributed by atoms with Crippen LogP contribution in [0.15, 0.2) is 35.1 Å². The van der Waals surface area contributed by atoms with E-state index in [1.807, 2.05) is 31.2 Å². The molecule has 0 aliphatic rings. The Balaban J connectivity index is 1.63. The molecule has 6 heteroatoms. The summed E-state index contributed by atoms with van der Waals surface area (Å²) in [5.41, 5.74) is 0. The van der Waals surface area contributed by atoms with E-state index in [1.54, 1.807) is 0 Å². The van der Waals surface area contributed by atoms with Gasteiger partial charge in [-0.2, -0.15) is 4.98 Å². The Morgan fingerprint density at radius 3 is 2.65 bits per heavy atom. The number of aromatic nitrogens is 2. The van der Waals surface area contributed by atoms with E-state index in [0.29, 0.717) is 19.1 Å². The minimum absolute atomic E-state index is 0.577. The van der Waals surface area contributed by atoms with Gasteiger partial charge in [-0.1, -0.05) is 17.3 Å².